The van der Waals surface area contributed by atoms with Crippen molar-refractivity contribution in [3.63, 3.8) is 0 Å². The molecule has 0 radical (unpaired) electrons. The van der Waals surface area contributed by atoms with Gasteiger partial charge in [0.15, 0.2) is 5.92 Å². The van der Waals surface area contributed by atoms with Crippen LogP contribution in [0, 0.1) is 5.92 Å². The smallest absolute Gasteiger partial charge is 0.323 e. The second-order valence-corrected chi connectivity index (χ2v) is 4.93. The lowest BCUT2D eigenvalue weighted by Gasteiger charge is -2.24. The zero-order valence-electron chi connectivity index (χ0n) is 11.4. The standard InChI is InChI=1S/C12H18N2O5/c1-12(2,3)19-11(16)7(10(15)17-4)8(13)9-14-5-6-18-9/h5-8H,13H2,1-4H3. The van der Waals surface area contributed by atoms with E-state index in [2.05, 4.69) is 9.72 Å². The number of hydrogen-bond donors (Lipinski definition) is 1. The molecule has 0 saturated carbocycles. The predicted octanol–water partition coefficient (Wildman–Crippen LogP) is 0.805. The molecule has 2 unspecified atom stereocenters. The van der Waals surface area contributed by atoms with E-state index in [0.717, 1.165) is 0 Å². The number of oxazole rings is 1. The summed E-state index contributed by atoms with van der Waals surface area (Å²) in [6.07, 6.45) is 2.68. The predicted molar refractivity (Wildman–Crippen MR) is 64.8 cm³/mol. The lowest BCUT2D eigenvalue weighted by atomic mass is 10.00. The monoisotopic (exact) mass is 270 g/mol. The molecular formula is C12H18N2O5. The fourth-order valence-electron chi connectivity index (χ4n) is 1.42. The third-order valence-electron chi connectivity index (χ3n) is 2.21. The normalized spacial score (nSPS) is 14.6. The molecule has 0 aliphatic heterocycles. The van der Waals surface area contributed by atoms with Crippen LogP contribution < -0.4 is 5.73 Å². The molecule has 19 heavy (non-hydrogen) atoms. The van der Waals surface area contributed by atoms with Crippen LogP contribution in [0.5, 0.6) is 0 Å². The Hall–Kier alpha value is -1.89. The number of rotatable bonds is 4. The molecule has 106 valence electrons. The second kappa shape index (κ2) is 5.83. The summed E-state index contributed by atoms with van der Waals surface area (Å²) in [6.45, 7) is 5.07. The van der Waals surface area contributed by atoms with Gasteiger partial charge in [-0.15, -0.1) is 0 Å². The summed E-state index contributed by atoms with van der Waals surface area (Å²) in [5, 5.41) is 0. The Bertz CT molecular complexity index is 435. The summed E-state index contributed by atoms with van der Waals surface area (Å²) in [6, 6.07) is -1.06. The van der Waals surface area contributed by atoms with Gasteiger partial charge in [0, 0.05) is 0 Å². The minimum absolute atomic E-state index is 0.0706. The van der Waals surface area contributed by atoms with E-state index in [9.17, 15) is 9.59 Å². The number of aromatic nitrogens is 1. The molecule has 1 aromatic rings. The summed E-state index contributed by atoms with van der Waals surface area (Å²) in [4.78, 5) is 27.6. The Kier molecular flexibility index (Phi) is 4.66. The van der Waals surface area contributed by atoms with Crippen LogP contribution in [0.15, 0.2) is 16.9 Å². The Morgan fingerprint density at radius 2 is 2.00 bits per heavy atom. The van der Waals surface area contributed by atoms with E-state index in [0.29, 0.717) is 0 Å². The second-order valence-electron chi connectivity index (χ2n) is 4.93. The fraction of sp³-hybridized carbons (Fsp3) is 0.583. The summed E-state index contributed by atoms with van der Waals surface area (Å²) in [7, 11) is 1.17. The molecule has 2 atom stereocenters. The van der Waals surface area contributed by atoms with Crippen LogP contribution in [0.4, 0.5) is 0 Å². The maximum atomic E-state index is 12.0. The van der Waals surface area contributed by atoms with Crippen molar-refractivity contribution in [2.75, 3.05) is 7.11 Å². The van der Waals surface area contributed by atoms with Crippen molar-refractivity contribution in [2.24, 2.45) is 11.7 Å². The van der Waals surface area contributed by atoms with Gasteiger partial charge >= 0.3 is 11.9 Å². The van der Waals surface area contributed by atoms with Crippen LogP contribution >= 0.6 is 0 Å². The maximum Gasteiger partial charge on any atom is 0.323 e. The Labute approximate surface area is 111 Å². The van der Waals surface area contributed by atoms with E-state index < -0.39 is 29.5 Å². The van der Waals surface area contributed by atoms with E-state index in [4.69, 9.17) is 14.9 Å². The van der Waals surface area contributed by atoms with Crippen molar-refractivity contribution in [1.29, 1.82) is 0 Å². The molecule has 2 N–H and O–H groups in total. The van der Waals surface area contributed by atoms with Gasteiger partial charge in [-0.2, -0.15) is 0 Å². The van der Waals surface area contributed by atoms with Crippen molar-refractivity contribution in [1.82, 2.24) is 4.98 Å². The summed E-state index contributed by atoms with van der Waals surface area (Å²) in [5.41, 5.74) is 5.09. The first-order valence-electron chi connectivity index (χ1n) is 5.72. The molecule has 1 heterocycles. The van der Waals surface area contributed by atoms with E-state index >= 15 is 0 Å². The van der Waals surface area contributed by atoms with Crippen LogP contribution in [0.1, 0.15) is 32.7 Å². The molecule has 0 saturated heterocycles. The third kappa shape index (κ3) is 4.06. The SMILES string of the molecule is COC(=O)C(C(=O)OC(C)(C)C)C(N)c1ncco1. The minimum atomic E-state index is -1.32. The zero-order chi connectivity index (χ0) is 14.6. The van der Waals surface area contributed by atoms with Gasteiger partial charge in [-0.25, -0.2) is 4.98 Å². The van der Waals surface area contributed by atoms with E-state index in [1.54, 1.807) is 20.8 Å². The molecule has 0 aromatic carbocycles. The molecule has 0 spiro atoms. The van der Waals surface area contributed by atoms with Crippen LogP contribution in [0.2, 0.25) is 0 Å². The minimum Gasteiger partial charge on any atom is -0.468 e. The highest BCUT2D eigenvalue weighted by Gasteiger charge is 2.40. The summed E-state index contributed by atoms with van der Waals surface area (Å²) >= 11 is 0. The highest BCUT2D eigenvalue weighted by atomic mass is 16.6. The van der Waals surface area contributed by atoms with Crippen LogP contribution in [-0.2, 0) is 19.1 Å². The van der Waals surface area contributed by atoms with Gasteiger partial charge < -0.3 is 19.6 Å². The van der Waals surface area contributed by atoms with Crippen molar-refractivity contribution in [3.8, 4) is 0 Å². The Morgan fingerprint density at radius 1 is 1.37 bits per heavy atom. The van der Waals surface area contributed by atoms with Crippen LogP contribution in [0.3, 0.4) is 0 Å². The number of methoxy groups -OCH3 is 1. The number of carbonyl (C=O) groups excluding carboxylic acids is 2. The maximum absolute atomic E-state index is 12.0. The molecule has 7 heteroatoms. The van der Waals surface area contributed by atoms with Crippen molar-refractivity contribution in [2.45, 2.75) is 32.4 Å². The largest absolute Gasteiger partial charge is 0.468 e. The molecule has 1 aromatic heterocycles. The quantitative estimate of drug-likeness (QED) is 0.637. The summed E-state index contributed by atoms with van der Waals surface area (Å²) < 4.78 is 14.7. The summed E-state index contributed by atoms with van der Waals surface area (Å²) in [5.74, 6) is -2.81. The number of esters is 2. The Balaban J connectivity index is 2.95. The average Bonchev–Trinajstić information content (AvgIpc) is 2.79. The fourth-order valence-corrected chi connectivity index (χ4v) is 1.42. The lowest BCUT2D eigenvalue weighted by Crippen LogP contribution is -2.40. The van der Waals surface area contributed by atoms with Gasteiger partial charge in [0.1, 0.15) is 17.9 Å². The molecule has 0 amide bonds. The molecular weight excluding hydrogens is 252 g/mol. The molecule has 0 aliphatic carbocycles. The van der Waals surface area contributed by atoms with Crippen LogP contribution in [-0.4, -0.2) is 29.6 Å². The van der Waals surface area contributed by atoms with Gasteiger partial charge in [-0.05, 0) is 20.8 Å². The van der Waals surface area contributed by atoms with Gasteiger partial charge in [0.2, 0.25) is 5.89 Å². The van der Waals surface area contributed by atoms with Gasteiger partial charge in [-0.1, -0.05) is 0 Å². The molecule has 0 fully saturated rings. The molecule has 7 nitrogen and oxygen atoms in total. The zero-order valence-corrected chi connectivity index (χ0v) is 11.4. The van der Waals surface area contributed by atoms with Crippen molar-refractivity contribution in [3.05, 3.63) is 18.4 Å². The molecule has 0 bridgehead atoms. The number of nitrogens with two attached hydrogens (primary N) is 1. The molecule has 1 rings (SSSR count). The molecule has 0 aliphatic rings. The van der Waals surface area contributed by atoms with Crippen LogP contribution in [0.25, 0.3) is 0 Å². The number of hydrogen-bond acceptors (Lipinski definition) is 7. The van der Waals surface area contributed by atoms with E-state index in [1.807, 2.05) is 0 Å². The van der Waals surface area contributed by atoms with E-state index in [-0.39, 0.29) is 5.89 Å². The number of carbonyl (C=O) groups is 2. The lowest BCUT2D eigenvalue weighted by molar-refractivity contribution is -0.169. The topological polar surface area (TPSA) is 105 Å². The van der Waals surface area contributed by atoms with Gasteiger partial charge in [0.05, 0.1) is 13.3 Å². The average molecular weight is 270 g/mol. The van der Waals surface area contributed by atoms with E-state index in [1.165, 1.54) is 19.6 Å². The van der Waals surface area contributed by atoms with Gasteiger partial charge in [-0.3, -0.25) is 9.59 Å². The van der Waals surface area contributed by atoms with Gasteiger partial charge in [0.25, 0.3) is 0 Å². The number of nitrogens with zero attached hydrogens (tertiary/aromatic N) is 1. The first-order chi connectivity index (χ1) is 8.76. The Morgan fingerprint density at radius 3 is 2.42 bits per heavy atom. The highest BCUT2D eigenvalue weighted by molar-refractivity contribution is 5.95. The highest BCUT2D eigenvalue weighted by Crippen LogP contribution is 2.23. The first kappa shape index (κ1) is 15.2. The third-order valence-corrected chi connectivity index (χ3v) is 2.21. The van der Waals surface area contributed by atoms with Crippen molar-refractivity contribution < 1.29 is 23.5 Å². The van der Waals surface area contributed by atoms with Crippen molar-refractivity contribution >= 4 is 11.9 Å². The number of ether oxygens (including phenoxy) is 2. The first-order valence-corrected chi connectivity index (χ1v) is 5.72.